The van der Waals surface area contributed by atoms with Crippen LogP contribution in [0.25, 0.3) is 10.9 Å². The van der Waals surface area contributed by atoms with Crippen molar-refractivity contribution in [1.82, 2.24) is 19.9 Å². The number of nitrogens with one attached hydrogen (secondary N) is 1. The molecule has 4 rings (SSSR count). The quantitative estimate of drug-likeness (QED) is 0.360. The first-order chi connectivity index (χ1) is 14.1. The Balaban J connectivity index is 1.48. The van der Waals surface area contributed by atoms with E-state index in [9.17, 15) is 4.39 Å². The van der Waals surface area contributed by atoms with Crippen molar-refractivity contribution in [3.05, 3.63) is 41.6 Å². The molecule has 0 bridgehead atoms. The molecule has 29 heavy (non-hydrogen) atoms. The summed E-state index contributed by atoms with van der Waals surface area (Å²) in [7, 11) is 0. The number of halogens is 1. The number of oxime groups is 1. The number of nitrogens with zero attached hydrogens (tertiary/aromatic N) is 4. The Bertz CT molecular complexity index is 1030. The van der Waals surface area contributed by atoms with Crippen LogP contribution in [0.1, 0.15) is 24.1 Å². The fourth-order valence-electron chi connectivity index (χ4n) is 3.38. The number of fused-ring (bicyclic) bond motifs is 1. The van der Waals surface area contributed by atoms with Gasteiger partial charge < -0.3 is 20.3 Å². The molecule has 0 amide bonds. The van der Waals surface area contributed by atoms with Crippen molar-refractivity contribution >= 4 is 22.9 Å². The number of rotatable bonds is 7. The van der Waals surface area contributed by atoms with E-state index in [1.807, 2.05) is 6.92 Å². The monoisotopic (exact) mass is 398 g/mol. The number of aryl methyl sites for hydroxylation is 1. The number of hydrogen-bond acceptors (Lipinski definition) is 7. The molecule has 1 fully saturated rings. The van der Waals surface area contributed by atoms with E-state index in [2.05, 4.69) is 25.0 Å². The van der Waals surface area contributed by atoms with Crippen molar-refractivity contribution in [2.75, 3.05) is 32.0 Å². The van der Waals surface area contributed by atoms with E-state index in [4.69, 9.17) is 15.3 Å². The fourth-order valence-corrected chi connectivity index (χ4v) is 3.38. The maximum absolute atomic E-state index is 14.8. The Hall–Kier alpha value is -3.20. The van der Waals surface area contributed by atoms with E-state index in [0.29, 0.717) is 23.1 Å². The van der Waals surface area contributed by atoms with Crippen molar-refractivity contribution in [3.63, 3.8) is 0 Å². The predicted octanol–water partition coefficient (Wildman–Crippen LogP) is 3.23. The minimum Gasteiger partial charge on any atom is -0.435 e. The maximum atomic E-state index is 14.8. The second-order valence-electron chi connectivity index (χ2n) is 6.99. The van der Waals surface area contributed by atoms with Crippen molar-refractivity contribution in [2.45, 2.75) is 19.8 Å². The molecule has 0 spiro atoms. The molecule has 2 aromatic heterocycles. The lowest BCUT2D eigenvalue weighted by molar-refractivity contribution is 0.120. The molecule has 1 saturated heterocycles. The van der Waals surface area contributed by atoms with Gasteiger partial charge in [0.15, 0.2) is 11.6 Å². The first-order valence-electron chi connectivity index (χ1n) is 9.55. The van der Waals surface area contributed by atoms with Gasteiger partial charge in [-0.2, -0.15) is 0 Å². The van der Waals surface area contributed by atoms with Crippen LogP contribution in [0, 0.1) is 12.7 Å². The lowest BCUT2D eigenvalue weighted by Crippen LogP contribution is -2.23. The molecule has 1 aliphatic rings. The number of hydrogen-bond donors (Lipinski definition) is 2. The normalized spacial score (nSPS) is 14.8. The lowest BCUT2D eigenvalue weighted by atomic mass is 10.2. The van der Waals surface area contributed by atoms with Crippen LogP contribution >= 0.6 is 0 Å². The highest BCUT2D eigenvalue weighted by atomic mass is 19.1. The minimum atomic E-state index is -0.478. The van der Waals surface area contributed by atoms with Gasteiger partial charge in [0.2, 0.25) is 5.88 Å². The Kier molecular flexibility index (Phi) is 5.57. The Morgan fingerprint density at radius 1 is 1.31 bits per heavy atom. The molecule has 0 saturated carbocycles. The molecular formula is C20H23FN6O2. The molecule has 8 nitrogen and oxygen atoms in total. The summed E-state index contributed by atoms with van der Waals surface area (Å²) < 4.78 is 20.5. The molecule has 0 radical (unpaired) electrons. The van der Waals surface area contributed by atoms with Crippen LogP contribution in [-0.2, 0) is 4.84 Å². The maximum Gasteiger partial charge on any atom is 0.233 e. The smallest absolute Gasteiger partial charge is 0.233 e. The van der Waals surface area contributed by atoms with Gasteiger partial charge in [-0.3, -0.25) is 4.90 Å². The number of nitrogen functional groups attached to an aromatic ring is 1. The predicted molar refractivity (Wildman–Crippen MR) is 109 cm³/mol. The molecule has 9 heteroatoms. The van der Waals surface area contributed by atoms with E-state index in [1.54, 1.807) is 18.2 Å². The van der Waals surface area contributed by atoms with Crippen LogP contribution in [-0.4, -0.2) is 52.3 Å². The van der Waals surface area contributed by atoms with Gasteiger partial charge in [0.1, 0.15) is 24.3 Å². The topological polar surface area (TPSA) is 102 Å². The average molecular weight is 398 g/mol. The highest BCUT2D eigenvalue weighted by Crippen LogP contribution is 2.31. The van der Waals surface area contributed by atoms with Gasteiger partial charge in [-0.1, -0.05) is 5.16 Å². The summed E-state index contributed by atoms with van der Waals surface area (Å²) in [6.07, 6.45) is 5.11. The van der Waals surface area contributed by atoms with Crippen molar-refractivity contribution < 1.29 is 14.0 Å². The largest absolute Gasteiger partial charge is 0.435 e. The van der Waals surface area contributed by atoms with E-state index < -0.39 is 5.82 Å². The van der Waals surface area contributed by atoms with Crippen LogP contribution in [0.3, 0.4) is 0 Å². The number of nitrogens with two attached hydrogens (primary N) is 1. The third-order valence-corrected chi connectivity index (χ3v) is 4.88. The van der Waals surface area contributed by atoms with Crippen molar-refractivity contribution in [2.24, 2.45) is 5.16 Å². The van der Waals surface area contributed by atoms with Gasteiger partial charge in [-0.15, -0.1) is 0 Å². The van der Waals surface area contributed by atoms with Gasteiger partial charge in [-0.05, 0) is 51.1 Å². The number of benzene rings is 1. The van der Waals surface area contributed by atoms with Gasteiger partial charge in [-0.25, -0.2) is 14.4 Å². The molecule has 3 heterocycles. The third-order valence-electron chi connectivity index (χ3n) is 4.88. The molecule has 0 unspecified atom stereocenters. The molecular weight excluding hydrogens is 375 g/mol. The summed E-state index contributed by atoms with van der Waals surface area (Å²) in [6.45, 7) is 5.35. The fraction of sp³-hybridized carbons (Fsp3) is 0.350. The number of aromatic nitrogens is 3. The average Bonchev–Trinajstić information content (AvgIpc) is 3.35. The number of H-pyrrole nitrogens is 1. The van der Waals surface area contributed by atoms with Gasteiger partial charge in [0.25, 0.3) is 0 Å². The summed E-state index contributed by atoms with van der Waals surface area (Å²) in [5, 5.41) is 4.40. The highest BCUT2D eigenvalue weighted by Gasteiger charge is 2.16. The zero-order chi connectivity index (χ0) is 20.2. The van der Waals surface area contributed by atoms with Crippen LogP contribution < -0.4 is 10.5 Å². The van der Waals surface area contributed by atoms with Crippen LogP contribution in [0.15, 0.2) is 29.7 Å². The zero-order valence-electron chi connectivity index (χ0n) is 16.2. The van der Waals surface area contributed by atoms with E-state index >= 15 is 0 Å². The second-order valence-corrected chi connectivity index (χ2v) is 6.99. The Morgan fingerprint density at radius 3 is 2.97 bits per heavy atom. The molecule has 1 aliphatic heterocycles. The van der Waals surface area contributed by atoms with E-state index in [-0.39, 0.29) is 17.4 Å². The van der Waals surface area contributed by atoms with E-state index in [1.165, 1.54) is 25.4 Å². The number of likely N-dealkylation sites (tertiary alicyclic amines) is 1. The molecule has 1 aromatic carbocycles. The van der Waals surface area contributed by atoms with Gasteiger partial charge in [0, 0.05) is 23.1 Å². The van der Waals surface area contributed by atoms with Crippen molar-refractivity contribution in [1.29, 1.82) is 0 Å². The number of anilines is 1. The minimum absolute atomic E-state index is 0.0409. The lowest BCUT2D eigenvalue weighted by Gasteiger charge is -2.12. The van der Waals surface area contributed by atoms with Crippen molar-refractivity contribution in [3.8, 4) is 11.6 Å². The van der Waals surface area contributed by atoms with Crippen LogP contribution in [0.2, 0.25) is 0 Å². The summed E-state index contributed by atoms with van der Waals surface area (Å²) in [5.41, 5.74) is 7.83. The molecule has 0 aliphatic carbocycles. The van der Waals surface area contributed by atoms with Crippen LogP contribution in [0.4, 0.5) is 10.2 Å². The first-order valence-corrected chi connectivity index (χ1v) is 9.55. The summed E-state index contributed by atoms with van der Waals surface area (Å²) in [6, 6.07) is 5.02. The van der Waals surface area contributed by atoms with Gasteiger partial charge in [0.05, 0.1) is 6.21 Å². The Labute approximate surface area is 167 Å². The number of aromatic amines is 1. The standard InChI is InChI=1S/C20H23FN6O2/c1-13-10-14-16(26-13)4-5-17(18(14)21)29-20-15(19(22)23-12-24-20)11-25-28-9-8-27-6-2-3-7-27/h4-5,10-12,26H,2-3,6-9H2,1H3,(H2,22,23,24). The summed E-state index contributed by atoms with van der Waals surface area (Å²) >= 11 is 0. The van der Waals surface area contributed by atoms with Gasteiger partial charge >= 0.3 is 0 Å². The molecule has 3 N–H and O–H groups in total. The van der Waals surface area contributed by atoms with E-state index in [0.717, 1.165) is 25.3 Å². The first kappa shape index (κ1) is 19.1. The third kappa shape index (κ3) is 4.29. The van der Waals surface area contributed by atoms with Crippen LogP contribution in [0.5, 0.6) is 11.6 Å². The molecule has 3 aromatic rings. The summed E-state index contributed by atoms with van der Waals surface area (Å²) in [4.78, 5) is 18.8. The molecule has 0 atom stereocenters. The highest BCUT2D eigenvalue weighted by molar-refractivity contribution is 5.88. The SMILES string of the molecule is Cc1cc2c(F)c(Oc3ncnc(N)c3C=NOCCN3CCCC3)ccc2[nH]1. The zero-order valence-corrected chi connectivity index (χ0v) is 16.2. The number of ether oxygens (including phenoxy) is 1. The Morgan fingerprint density at radius 2 is 2.14 bits per heavy atom. The second kappa shape index (κ2) is 8.44. The summed E-state index contributed by atoms with van der Waals surface area (Å²) in [5.74, 6) is -0.163. The molecule has 152 valence electrons.